The first-order valence-corrected chi connectivity index (χ1v) is 7.28. The molecule has 1 aromatic heterocycles. The molecule has 0 fully saturated rings. The molecule has 5 heteroatoms. The molecule has 0 unspecified atom stereocenters. The Labute approximate surface area is 124 Å². The van der Waals surface area contributed by atoms with Crippen molar-refractivity contribution in [2.24, 2.45) is 0 Å². The summed E-state index contributed by atoms with van der Waals surface area (Å²) in [6.45, 7) is 5.35. The average molecular weight is 284 g/mol. The van der Waals surface area contributed by atoms with Crippen molar-refractivity contribution in [1.29, 1.82) is 0 Å². The third-order valence-corrected chi connectivity index (χ3v) is 4.05. The number of aromatic nitrogens is 2. The zero-order valence-corrected chi connectivity index (χ0v) is 12.4. The maximum absolute atomic E-state index is 12.4. The number of rotatable bonds is 2. The summed E-state index contributed by atoms with van der Waals surface area (Å²) in [5.74, 6) is 0. The molecule has 0 radical (unpaired) electrons. The average Bonchev–Trinajstić information content (AvgIpc) is 2.89. The molecule has 0 bridgehead atoms. The first-order valence-electron chi connectivity index (χ1n) is 7.28. The Bertz CT molecular complexity index is 635. The molecule has 2 heterocycles. The fourth-order valence-corrected chi connectivity index (χ4v) is 2.71. The fourth-order valence-electron chi connectivity index (χ4n) is 2.71. The van der Waals surface area contributed by atoms with Gasteiger partial charge in [-0.25, -0.2) is 4.79 Å². The van der Waals surface area contributed by atoms with Crippen LogP contribution in [0, 0.1) is 6.92 Å². The van der Waals surface area contributed by atoms with Crippen molar-refractivity contribution >= 4 is 6.03 Å². The normalized spacial score (nSPS) is 15.4. The highest BCUT2D eigenvalue weighted by molar-refractivity contribution is 5.75. The molecule has 0 saturated heterocycles. The summed E-state index contributed by atoms with van der Waals surface area (Å²) in [4.78, 5) is 14.3. The number of carbonyl (C=O) groups is 1. The molecule has 2 amide bonds. The second kappa shape index (κ2) is 5.60. The van der Waals surface area contributed by atoms with Crippen LogP contribution >= 0.6 is 0 Å². The fraction of sp³-hybridized carbons (Fsp3) is 0.375. The molecular weight excluding hydrogens is 264 g/mol. The van der Waals surface area contributed by atoms with Gasteiger partial charge in [-0.15, -0.1) is 0 Å². The lowest BCUT2D eigenvalue weighted by Gasteiger charge is -2.28. The summed E-state index contributed by atoms with van der Waals surface area (Å²) in [5, 5.41) is 10.3. The number of nitrogens with zero attached hydrogens (tertiary/aromatic N) is 2. The van der Waals surface area contributed by atoms with E-state index < -0.39 is 0 Å². The van der Waals surface area contributed by atoms with E-state index in [0.29, 0.717) is 13.1 Å². The predicted octanol–water partition coefficient (Wildman–Crippen LogP) is 2.55. The lowest BCUT2D eigenvalue weighted by atomic mass is 10.1. The Morgan fingerprint density at radius 1 is 1.38 bits per heavy atom. The van der Waals surface area contributed by atoms with E-state index in [-0.39, 0.29) is 12.1 Å². The van der Waals surface area contributed by atoms with Gasteiger partial charge in [-0.1, -0.05) is 30.3 Å². The van der Waals surface area contributed by atoms with Gasteiger partial charge in [-0.3, -0.25) is 5.10 Å². The monoisotopic (exact) mass is 284 g/mol. The quantitative estimate of drug-likeness (QED) is 0.890. The van der Waals surface area contributed by atoms with Crippen LogP contribution in [0.2, 0.25) is 0 Å². The third kappa shape index (κ3) is 2.77. The number of fused-ring (bicyclic) bond motifs is 1. The van der Waals surface area contributed by atoms with Crippen LogP contribution in [0.15, 0.2) is 30.3 Å². The number of benzene rings is 1. The van der Waals surface area contributed by atoms with Crippen molar-refractivity contribution in [3.8, 4) is 0 Å². The third-order valence-electron chi connectivity index (χ3n) is 4.05. The van der Waals surface area contributed by atoms with Gasteiger partial charge in [0.05, 0.1) is 18.3 Å². The minimum absolute atomic E-state index is 0.00513. The molecular formula is C16H20N4O. The second-order valence-corrected chi connectivity index (χ2v) is 5.53. The molecule has 2 aromatic rings. The van der Waals surface area contributed by atoms with E-state index in [2.05, 4.69) is 15.5 Å². The minimum atomic E-state index is -0.0161. The highest BCUT2D eigenvalue weighted by Crippen LogP contribution is 2.20. The van der Waals surface area contributed by atoms with Gasteiger partial charge in [0.2, 0.25) is 0 Å². The van der Waals surface area contributed by atoms with Crippen molar-refractivity contribution in [2.75, 3.05) is 6.54 Å². The maximum atomic E-state index is 12.4. The first kappa shape index (κ1) is 13.7. The summed E-state index contributed by atoms with van der Waals surface area (Å²) in [6, 6.07) is 9.99. The van der Waals surface area contributed by atoms with E-state index in [0.717, 1.165) is 28.9 Å². The van der Waals surface area contributed by atoms with Gasteiger partial charge in [0.15, 0.2) is 0 Å². The van der Waals surface area contributed by atoms with Gasteiger partial charge >= 0.3 is 6.03 Å². The lowest BCUT2D eigenvalue weighted by Crippen LogP contribution is -2.43. The van der Waals surface area contributed by atoms with Crippen LogP contribution in [-0.2, 0) is 13.0 Å². The van der Waals surface area contributed by atoms with Crippen LogP contribution in [0.3, 0.4) is 0 Å². The number of H-pyrrole nitrogens is 1. The van der Waals surface area contributed by atoms with Crippen molar-refractivity contribution in [3.63, 3.8) is 0 Å². The smallest absolute Gasteiger partial charge is 0.318 e. The summed E-state index contributed by atoms with van der Waals surface area (Å²) < 4.78 is 0. The number of amides is 2. The van der Waals surface area contributed by atoms with Crippen LogP contribution in [0.1, 0.15) is 35.5 Å². The van der Waals surface area contributed by atoms with Crippen LogP contribution in [-0.4, -0.2) is 27.7 Å². The van der Waals surface area contributed by atoms with Gasteiger partial charge in [-0.05, 0) is 19.4 Å². The SMILES string of the molecule is Cc1[nH]nc2c1CN(C(=O)N[C@@H](C)c1ccccc1)CC2. The molecule has 1 atom stereocenters. The molecule has 3 rings (SSSR count). The van der Waals surface area contributed by atoms with Gasteiger partial charge in [-0.2, -0.15) is 5.10 Å². The molecule has 110 valence electrons. The van der Waals surface area contributed by atoms with Gasteiger partial charge in [0.1, 0.15) is 0 Å². The summed E-state index contributed by atoms with van der Waals surface area (Å²) in [7, 11) is 0. The van der Waals surface area contributed by atoms with E-state index in [1.165, 1.54) is 0 Å². The highest BCUT2D eigenvalue weighted by atomic mass is 16.2. The summed E-state index contributed by atoms with van der Waals surface area (Å²) >= 11 is 0. The van der Waals surface area contributed by atoms with Crippen molar-refractivity contribution in [3.05, 3.63) is 52.8 Å². The molecule has 0 saturated carbocycles. The zero-order chi connectivity index (χ0) is 14.8. The molecule has 5 nitrogen and oxygen atoms in total. The number of urea groups is 1. The largest absolute Gasteiger partial charge is 0.331 e. The van der Waals surface area contributed by atoms with Crippen molar-refractivity contribution in [1.82, 2.24) is 20.4 Å². The zero-order valence-electron chi connectivity index (χ0n) is 12.4. The number of carbonyl (C=O) groups excluding carboxylic acids is 1. The molecule has 1 aliphatic rings. The minimum Gasteiger partial charge on any atom is -0.331 e. The summed E-state index contributed by atoms with van der Waals surface area (Å²) in [5.41, 5.74) is 4.41. The maximum Gasteiger partial charge on any atom is 0.318 e. The number of nitrogens with one attached hydrogen (secondary N) is 2. The van der Waals surface area contributed by atoms with Gasteiger partial charge in [0.25, 0.3) is 0 Å². The van der Waals surface area contributed by atoms with Crippen LogP contribution in [0.25, 0.3) is 0 Å². The van der Waals surface area contributed by atoms with Gasteiger partial charge < -0.3 is 10.2 Å². The van der Waals surface area contributed by atoms with Crippen LogP contribution < -0.4 is 5.32 Å². The standard InChI is InChI=1S/C16H20N4O/c1-11(13-6-4-3-5-7-13)17-16(21)20-9-8-15-14(10-20)12(2)18-19-15/h3-7,11H,8-10H2,1-2H3,(H,17,21)(H,18,19)/t11-/m0/s1. The van der Waals surface area contributed by atoms with E-state index in [1.54, 1.807) is 0 Å². The van der Waals surface area contributed by atoms with Crippen LogP contribution in [0.4, 0.5) is 4.79 Å². The van der Waals surface area contributed by atoms with E-state index in [4.69, 9.17) is 0 Å². The van der Waals surface area contributed by atoms with Crippen molar-refractivity contribution < 1.29 is 4.79 Å². The molecule has 0 spiro atoms. The number of aryl methyl sites for hydroxylation is 1. The van der Waals surface area contributed by atoms with E-state index in [9.17, 15) is 4.79 Å². The molecule has 2 N–H and O–H groups in total. The molecule has 1 aromatic carbocycles. The first-order chi connectivity index (χ1) is 10.1. The van der Waals surface area contributed by atoms with E-state index in [1.807, 2.05) is 49.1 Å². The summed E-state index contributed by atoms with van der Waals surface area (Å²) in [6.07, 6.45) is 0.812. The Morgan fingerprint density at radius 3 is 2.90 bits per heavy atom. The Morgan fingerprint density at radius 2 is 2.14 bits per heavy atom. The predicted molar refractivity (Wildman–Crippen MR) is 80.8 cm³/mol. The number of hydrogen-bond donors (Lipinski definition) is 2. The van der Waals surface area contributed by atoms with Gasteiger partial charge in [0, 0.05) is 24.2 Å². The Balaban J connectivity index is 1.66. The number of aromatic amines is 1. The molecule has 1 aliphatic heterocycles. The van der Waals surface area contributed by atoms with E-state index >= 15 is 0 Å². The van der Waals surface area contributed by atoms with Crippen molar-refractivity contribution in [2.45, 2.75) is 32.9 Å². The molecule has 0 aliphatic carbocycles. The van der Waals surface area contributed by atoms with Crippen LogP contribution in [0.5, 0.6) is 0 Å². The highest BCUT2D eigenvalue weighted by Gasteiger charge is 2.24. The lowest BCUT2D eigenvalue weighted by molar-refractivity contribution is 0.189. The second-order valence-electron chi connectivity index (χ2n) is 5.53. The Kier molecular flexibility index (Phi) is 3.64. The topological polar surface area (TPSA) is 61.0 Å². The molecule has 21 heavy (non-hydrogen) atoms. The number of hydrogen-bond acceptors (Lipinski definition) is 2. The Hall–Kier alpha value is -2.30.